The Morgan fingerprint density at radius 2 is 1.50 bits per heavy atom. The first-order valence-corrected chi connectivity index (χ1v) is 8.92. The predicted molar refractivity (Wildman–Crippen MR) is 95.9 cm³/mol. The second-order valence-corrected chi connectivity index (χ2v) is 7.07. The third kappa shape index (κ3) is 3.09. The number of benzene rings is 2. The van der Waals surface area contributed by atoms with E-state index in [9.17, 15) is 4.79 Å². The molecule has 1 heterocycles. The van der Waals surface area contributed by atoms with E-state index >= 15 is 0 Å². The van der Waals surface area contributed by atoms with Crippen LogP contribution in [0.15, 0.2) is 60.7 Å². The van der Waals surface area contributed by atoms with Crippen LogP contribution in [-0.2, 0) is 4.79 Å². The molecule has 1 saturated heterocycles. The van der Waals surface area contributed by atoms with Crippen molar-refractivity contribution < 1.29 is 4.79 Å². The van der Waals surface area contributed by atoms with Crippen LogP contribution >= 0.6 is 0 Å². The number of rotatable bonds is 4. The Bertz CT molecular complexity index is 679. The van der Waals surface area contributed by atoms with Crippen molar-refractivity contribution in [2.75, 3.05) is 13.1 Å². The van der Waals surface area contributed by atoms with Crippen LogP contribution in [0.2, 0.25) is 0 Å². The van der Waals surface area contributed by atoms with E-state index in [4.69, 9.17) is 0 Å². The van der Waals surface area contributed by atoms with Crippen molar-refractivity contribution in [3.63, 3.8) is 0 Å². The Balaban J connectivity index is 1.34. The zero-order valence-corrected chi connectivity index (χ0v) is 13.8. The quantitative estimate of drug-likeness (QED) is 0.909. The van der Waals surface area contributed by atoms with E-state index in [0.29, 0.717) is 12.0 Å². The van der Waals surface area contributed by atoms with Gasteiger partial charge < -0.3 is 10.6 Å². The fourth-order valence-corrected chi connectivity index (χ4v) is 4.05. The SMILES string of the molecule is O=C(N[C@H]1C[C@H](c2ccccc2)C1)[C@@H]1CNC[C@H]1c1ccccc1. The lowest BCUT2D eigenvalue weighted by Crippen LogP contribution is -2.46. The molecule has 0 aromatic heterocycles. The highest BCUT2D eigenvalue weighted by molar-refractivity contribution is 5.81. The van der Waals surface area contributed by atoms with Crippen molar-refractivity contribution in [2.24, 2.45) is 5.92 Å². The van der Waals surface area contributed by atoms with Crippen LogP contribution in [0.3, 0.4) is 0 Å². The lowest BCUT2D eigenvalue weighted by molar-refractivity contribution is -0.126. The third-order valence-electron chi connectivity index (χ3n) is 5.53. The van der Waals surface area contributed by atoms with E-state index in [0.717, 1.165) is 25.9 Å². The first-order valence-electron chi connectivity index (χ1n) is 8.92. The Morgan fingerprint density at radius 3 is 2.17 bits per heavy atom. The molecule has 2 aromatic carbocycles. The van der Waals surface area contributed by atoms with E-state index in [2.05, 4.69) is 65.2 Å². The summed E-state index contributed by atoms with van der Waals surface area (Å²) < 4.78 is 0. The van der Waals surface area contributed by atoms with Gasteiger partial charge in [0.05, 0.1) is 5.92 Å². The van der Waals surface area contributed by atoms with Gasteiger partial charge in [0.2, 0.25) is 5.91 Å². The molecule has 4 rings (SSSR count). The van der Waals surface area contributed by atoms with Crippen LogP contribution in [-0.4, -0.2) is 25.0 Å². The van der Waals surface area contributed by atoms with Crippen molar-refractivity contribution >= 4 is 5.91 Å². The van der Waals surface area contributed by atoms with Crippen molar-refractivity contribution in [2.45, 2.75) is 30.7 Å². The highest BCUT2D eigenvalue weighted by Gasteiger charge is 2.37. The van der Waals surface area contributed by atoms with Gasteiger partial charge in [-0.1, -0.05) is 60.7 Å². The number of nitrogens with one attached hydrogen (secondary N) is 2. The van der Waals surface area contributed by atoms with Gasteiger partial charge in [-0.05, 0) is 29.9 Å². The van der Waals surface area contributed by atoms with Gasteiger partial charge >= 0.3 is 0 Å². The second kappa shape index (κ2) is 6.78. The fraction of sp³-hybridized carbons (Fsp3) is 0.381. The highest BCUT2D eigenvalue weighted by atomic mass is 16.2. The van der Waals surface area contributed by atoms with Gasteiger partial charge in [0, 0.05) is 25.0 Å². The molecule has 3 nitrogen and oxygen atoms in total. The van der Waals surface area contributed by atoms with E-state index in [-0.39, 0.29) is 17.7 Å². The molecule has 0 spiro atoms. The van der Waals surface area contributed by atoms with Crippen molar-refractivity contribution in [1.82, 2.24) is 10.6 Å². The Hall–Kier alpha value is -2.13. The molecule has 24 heavy (non-hydrogen) atoms. The summed E-state index contributed by atoms with van der Waals surface area (Å²) >= 11 is 0. The lowest BCUT2D eigenvalue weighted by Gasteiger charge is -2.37. The number of carbonyl (C=O) groups excluding carboxylic acids is 1. The zero-order chi connectivity index (χ0) is 16.4. The molecule has 0 bridgehead atoms. The lowest BCUT2D eigenvalue weighted by atomic mass is 9.75. The van der Waals surface area contributed by atoms with E-state index in [1.165, 1.54) is 11.1 Å². The first kappa shape index (κ1) is 15.4. The molecule has 2 atom stereocenters. The summed E-state index contributed by atoms with van der Waals surface area (Å²) in [5.74, 6) is 1.15. The normalized spacial score (nSPS) is 29.0. The standard InChI is InChI=1S/C21H24N2O/c24-21(20-14-22-13-19(20)16-9-5-2-6-10-16)23-18-11-17(12-18)15-7-3-1-4-8-15/h1-10,17-20,22H,11-14H2,(H,23,24)/t17-,18-,19-,20+/m0/s1. The van der Waals surface area contributed by atoms with Crippen LogP contribution in [0, 0.1) is 5.92 Å². The van der Waals surface area contributed by atoms with Crippen LogP contribution in [0.4, 0.5) is 0 Å². The van der Waals surface area contributed by atoms with Gasteiger partial charge in [-0.15, -0.1) is 0 Å². The smallest absolute Gasteiger partial charge is 0.225 e. The molecule has 3 heteroatoms. The molecule has 1 aliphatic carbocycles. The molecule has 2 aliphatic rings. The fourth-order valence-electron chi connectivity index (χ4n) is 4.05. The van der Waals surface area contributed by atoms with Gasteiger partial charge in [0.1, 0.15) is 0 Å². The molecule has 0 unspecified atom stereocenters. The number of hydrogen-bond donors (Lipinski definition) is 2. The summed E-state index contributed by atoms with van der Waals surface area (Å²) in [4.78, 5) is 12.7. The van der Waals surface area contributed by atoms with Crippen LogP contribution in [0.1, 0.15) is 35.8 Å². The summed E-state index contributed by atoms with van der Waals surface area (Å²) in [6, 6.07) is 21.4. The van der Waals surface area contributed by atoms with Gasteiger partial charge in [0.25, 0.3) is 0 Å². The maximum Gasteiger partial charge on any atom is 0.225 e. The summed E-state index contributed by atoms with van der Waals surface area (Å²) in [5, 5.41) is 6.66. The minimum Gasteiger partial charge on any atom is -0.353 e. The van der Waals surface area contributed by atoms with Crippen LogP contribution in [0.25, 0.3) is 0 Å². The summed E-state index contributed by atoms with van der Waals surface area (Å²) in [6.45, 7) is 1.67. The molecular weight excluding hydrogens is 296 g/mol. The topological polar surface area (TPSA) is 41.1 Å². The number of hydrogen-bond acceptors (Lipinski definition) is 2. The van der Waals surface area contributed by atoms with Gasteiger partial charge in [-0.2, -0.15) is 0 Å². The highest BCUT2D eigenvalue weighted by Crippen LogP contribution is 2.37. The van der Waals surface area contributed by atoms with E-state index in [1.807, 2.05) is 6.07 Å². The minimum absolute atomic E-state index is 0.0446. The summed E-state index contributed by atoms with van der Waals surface area (Å²) in [6.07, 6.45) is 2.12. The average Bonchev–Trinajstić information content (AvgIpc) is 3.09. The number of amides is 1. The molecule has 1 saturated carbocycles. The Labute approximate surface area is 143 Å². The van der Waals surface area contributed by atoms with Crippen molar-refractivity contribution in [3.05, 3.63) is 71.8 Å². The zero-order valence-electron chi connectivity index (χ0n) is 13.8. The monoisotopic (exact) mass is 320 g/mol. The molecule has 124 valence electrons. The largest absolute Gasteiger partial charge is 0.353 e. The minimum atomic E-state index is 0.0446. The molecule has 1 amide bonds. The van der Waals surface area contributed by atoms with Gasteiger partial charge in [0.15, 0.2) is 0 Å². The second-order valence-electron chi connectivity index (χ2n) is 7.07. The van der Waals surface area contributed by atoms with E-state index < -0.39 is 0 Å². The molecule has 0 radical (unpaired) electrons. The van der Waals surface area contributed by atoms with Crippen molar-refractivity contribution in [1.29, 1.82) is 0 Å². The molecule has 2 fully saturated rings. The first-order chi connectivity index (χ1) is 11.8. The van der Waals surface area contributed by atoms with Gasteiger partial charge in [-0.25, -0.2) is 0 Å². The molecule has 1 aliphatic heterocycles. The predicted octanol–water partition coefficient (Wildman–Crippen LogP) is 3.05. The van der Waals surface area contributed by atoms with E-state index in [1.54, 1.807) is 0 Å². The molecule has 2 aromatic rings. The molecule has 2 N–H and O–H groups in total. The van der Waals surface area contributed by atoms with Crippen LogP contribution in [0.5, 0.6) is 0 Å². The van der Waals surface area contributed by atoms with Crippen LogP contribution < -0.4 is 10.6 Å². The van der Waals surface area contributed by atoms with Gasteiger partial charge in [-0.3, -0.25) is 4.79 Å². The third-order valence-corrected chi connectivity index (χ3v) is 5.53. The Morgan fingerprint density at radius 1 is 0.875 bits per heavy atom. The van der Waals surface area contributed by atoms with Crippen molar-refractivity contribution in [3.8, 4) is 0 Å². The maximum atomic E-state index is 12.7. The average molecular weight is 320 g/mol. The molecular formula is C21H24N2O. The maximum absolute atomic E-state index is 12.7. The summed E-state index contributed by atoms with van der Waals surface area (Å²) in [7, 11) is 0. The summed E-state index contributed by atoms with van der Waals surface area (Å²) in [5.41, 5.74) is 2.66. The Kier molecular flexibility index (Phi) is 4.35. The number of carbonyl (C=O) groups is 1.